The molecule has 1 aromatic rings. The van der Waals surface area contributed by atoms with Gasteiger partial charge in [-0.1, -0.05) is 31.9 Å². The number of amides is 1. The summed E-state index contributed by atoms with van der Waals surface area (Å²) in [4.78, 5) is 13.0. The van der Waals surface area contributed by atoms with Crippen LogP contribution in [0.15, 0.2) is 22.7 Å². The zero-order chi connectivity index (χ0) is 14.2. The molecule has 0 N–H and O–H groups in total. The number of hydrogen-bond acceptors (Lipinski definition) is 2. The van der Waals surface area contributed by atoms with Crippen LogP contribution in [0.5, 0.6) is 5.75 Å². The number of rotatable bonds is 2. The van der Waals surface area contributed by atoms with Gasteiger partial charge in [-0.05, 0) is 18.2 Å². The third-order valence-corrected chi connectivity index (χ3v) is 3.62. The fourth-order valence-corrected chi connectivity index (χ4v) is 2.72. The van der Waals surface area contributed by atoms with Crippen molar-refractivity contribution in [2.45, 2.75) is 17.6 Å². The first-order valence-corrected chi connectivity index (χ1v) is 6.97. The predicted octanol–water partition coefficient (Wildman–Crippen LogP) is 3.85. The van der Waals surface area contributed by atoms with E-state index < -0.39 is 12.1 Å². The maximum absolute atomic E-state index is 12.4. The van der Waals surface area contributed by atoms with Crippen LogP contribution in [0.2, 0.25) is 0 Å². The second-order valence-electron chi connectivity index (χ2n) is 3.97. The third kappa shape index (κ3) is 3.62. The molecule has 8 heteroatoms. The summed E-state index contributed by atoms with van der Waals surface area (Å²) in [5.41, 5.74) is 0.118. The van der Waals surface area contributed by atoms with Crippen molar-refractivity contribution in [3.63, 3.8) is 0 Å². The van der Waals surface area contributed by atoms with Gasteiger partial charge in [-0.15, -0.1) is 13.2 Å². The van der Waals surface area contributed by atoms with Gasteiger partial charge in [0.2, 0.25) is 5.91 Å². The first kappa shape index (κ1) is 14.6. The Morgan fingerprint density at radius 3 is 2.58 bits per heavy atom. The summed E-state index contributed by atoms with van der Waals surface area (Å²) in [7, 11) is 0. The highest BCUT2D eigenvalue weighted by atomic mass is 79.9. The van der Waals surface area contributed by atoms with Crippen LogP contribution in [-0.2, 0) is 4.79 Å². The van der Waals surface area contributed by atoms with E-state index >= 15 is 0 Å². The molecule has 0 spiro atoms. The second kappa shape index (κ2) is 5.32. The van der Waals surface area contributed by atoms with Gasteiger partial charge in [-0.3, -0.25) is 4.79 Å². The Morgan fingerprint density at radius 2 is 2.05 bits per heavy atom. The molecule has 1 aromatic carbocycles. The quantitative estimate of drug-likeness (QED) is 0.703. The summed E-state index contributed by atoms with van der Waals surface area (Å²) in [5.74, 6) is -0.631. The van der Waals surface area contributed by atoms with Gasteiger partial charge >= 0.3 is 6.36 Å². The molecular weight excluding hydrogens is 395 g/mol. The summed E-state index contributed by atoms with van der Waals surface area (Å²) in [6.45, 7) is 0.314. The van der Waals surface area contributed by atoms with E-state index in [1.807, 2.05) is 0 Å². The lowest BCUT2D eigenvalue weighted by Crippen LogP contribution is -2.26. The molecule has 2 rings (SSSR count). The molecule has 1 aliphatic rings. The minimum absolute atomic E-state index is 0.0672. The number of carbonyl (C=O) groups excluding carboxylic acids is 1. The Hall–Kier alpha value is -0.760. The van der Waals surface area contributed by atoms with Gasteiger partial charge in [0.05, 0.1) is 5.69 Å². The van der Waals surface area contributed by atoms with E-state index in [0.717, 1.165) is 0 Å². The van der Waals surface area contributed by atoms with Crippen LogP contribution < -0.4 is 9.64 Å². The highest BCUT2D eigenvalue weighted by Crippen LogP contribution is 2.37. The summed E-state index contributed by atoms with van der Waals surface area (Å²) in [6.07, 6.45) is -4.55. The van der Waals surface area contributed by atoms with Crippen LogP contribution in [-0.4, -0.2) is 23.6 Å². The number of alkyl halides is 4. The highest BCUT2D eigenvalue weighted by molar-refractivity contribution is 9.10. The van der Waals surface area contributed by atoms with Crippen molar-refractivity contribution in [3.8, 4) is 5.75 Å². The number of hydrogen-bond donors (Lipinski definition) is 0. The first-order chi connectivity index (χ1) is 8.76. The first-order valence-electron chi connectivity index (χ1n) is 5.26. The van der Waals surface area contributed by atoms with Crippen molar-refractivity contribution in [1.82, 2.24) is 0 Å². The maximum Gasteiger partial charge on any atom is 0.573 e. The largest absolute Gasteiger partial charge is 0.573 e. The Balaban J connectivity index is 2.37. The fraction of sp³-hybridized carbons (Fsp3) is 0.364. The molecule has 104 valence electrons. The highest BCUT2D eigenvalue weighted by Gasteiger charge is 2.35. The molecule has 19 heavy (non-hydrogen) atoms. The molecule has 0 aliphatic carbocycles. The SMILES string of the molecule is O=C1CC(Br)CN1c1ccc(Br)cc1OC(F)(F)F. The Morgan fingerprint density at radius 1 is 1.37 bits per heavy atom. The summed E-state index contributed by atoms with van der Waals surface area (Å²) in [5, 5.41) is 0. The zero-order valence-electron chi connectivity index (χ0n) is 9.38. The average molecular weight is 403 g/mol. The van der Waals surface area contributed by atoms with Crippen LogP contribution >= 0.6 is 31.9 Å². The van der Waals surface area contributed by atoms with Crippen LogP contribution in [0, 0.1) is 0 Å². The molecule has 0 saturated carbocycles. The molecule has 1 saturated heterocycles. The number of benzene rings is 1. The van der Waals surface area contributed by atoms with Crippen molar-refractivity contribution < 1.29 is 22.7 Å². The Bertz CT molecular complexity index is 507. The molecular formula is C11H8Br2F3NO2. The number of anilines is 1. The monoisotopic (exact) mass is 401 g/mol. The van der Waals surface area contributed by atoms with Gasteiger partial charge in [0.1, 0.15) is 0 Å². The summed E-state index contributed by atoms with van der Waals surface area (Å²) < 4.78 is 41.5. The van der Waals surface area contributed by atoms with Crippen LogP contribution in [0.1, 0.15) is 6.42 Å². The smallest absolute Gasteiger partial charge is 0.404 e. The minimum atomic E-state index is -4.80. The zero-order valence-corrected chi connectivity index (χ0v) is 12.5. The molecule has 3 nitrogen and oxygen atoms in total. The van der Waals surface area contributed by atoms with E-state index in [9.17, 15) is 18.0 Å². The van der Waals surface area contributed by atoms with Crippen LogP contribution in [0.4, 0.5) is 18.9 Å². The van der Waals surface area contributed by atoms with Crippen molar-refractivity contribution in [2.24, 2.45) is 0 Å². The van der Waals surface area contributed by atoms with Gasteiger partial charge in [0.25, 0.3) is 0 Å². The molecule has 1 unspecified atom stereocenters. The van der Waals surface area contributed by atoms with Gasteiger partial charge < -0.3 is 9.64 Å². The molecule has 0 radical (unpaired) electrons. The van der Waals surface area contributed by atoms with Crippen molar-refractivity contribution >= 4 is 43.5 Å². The van der Waals surface area contributed by atoms with E-state index in [2.05, 4.69) is 36.6 Å². The number of carbonyl (C=O) groups is 1. The molecule has 0 bridgehead atoms. The molecule has 1 aliphatic heterocycles. The molecule has 0 aromatic heterocycles. The lowest BCUT2D eigenvalue weighted by atomic mass is 10.2. The summed E-state index contributed by atoms with van der Waals surface area (Å²) in [6, 6.07) is 4.18. The number of ether oxygens (including phenoxy) is 1. The van der Waals surface area contributed by atoms with Gasteiger partial charge in [-0.25, -0.2) is 0 Å². The number of nitrogens with zero attached hydrogens (tertiary/aromatic N) is 1. The van der Waals surface area contributed by atoms with E-state index in [0.29, 0.717) is 11.0 Å². The summed E-state index contributed by atoms with van der Waals surface area (Å²) >= 11 is 6.36. The average Bonchev–Trinajstić information content (AvgIpc) is 2.55. The minimum Gasteiger partial charge on any atom is -0.404 e. The lowest BCUT2D eigenvalue weighted by molar-refractivity contribution is -0.274. The van der Waals surface area contributed by atoms with Crippen molar-refractivity contribution in [1.29, 1.82) is 0 Å². The van der Waals surface area contributed by atoms with Crippen LogP contribution in [0.3, 0.4) is 0 Å². The Kier molecular flexibility index (Phi) is 4.10. The van der Waals surface area contributed by atoms with Gasteiger partial charge in [0, 0.05) is 22.3 Å². The topological polar surface area (TPSA) is 29.5 Å². The van der Waals surface area contributed by atoms with Gasteiger partial charge in [0.15, 0.2) is 5.75 Å². The molecule has 1 fully saturated rings. The standard InChI is InChI=1S/C11H8Br2F3NO2/c12-6-1-2-8(9(3-6)19-11(14,15)16)17-5-7(13)4-10(17)18/h1-3,7H,4-5H2. The molecule has 1 amide bonds. The van der Waals surface area contributed by atoms with E-state index in [-0.39, 0.29) is 22.8 Å². The van der Waals surface area contributed by atoms with Crippen molar-refractivity contribution in [2.75, 3.05) is 11.4 Å². The van der Waals surface area contributed by atoms with Gasteiger partial charge in [-0.2, -0.15) is 0 Å². The van der Waals surface area contributed by atoms with E-state index in [4.69, 9.17) is 0 Å². The second-order valence-corrected chi connectivity index (χ2v) is 6.18. The fourth-order valence-electron chi connectivity index (χ4n) is 1.81. The van der Waals surface area contributed by atoms with E-state index in [1.165, 1.54) is 17.0 Å². The normalized spacial score (nSPS) is 19.9. The third-order valence-electron chi connectivity index (χ3n) is 2.52. The maximum atomic E-state index is 12.4. The Labute approximate surface area is 124 Å². The lowest BCUT2D eigenvalue weighted by Gasteiger charge is -2.20. The van der Waals surface area contributed by atoms with Crippen LogP contribution in [0.25, 0.3) is 0 Å². The number of halogens is 5. The molecule has 1 atom stereocenters. The molecule has 1 heterocycles. The van der Waals surface area contributed by atoms with E-state index in [1.54, 1.807) is 6.07 Å². The van der Waals surface area contributed by atoms with Crippen molar-refractivity contribution in [3.05, 3.63) is 22.7 Å². The predicted molar refractivity (Wildman–Crippen MR) is 70.5 cm³/mol.